The summed E-state index contributed by atoms with van der Waals surface area (Å²) in [7, 11) is 1.70. The van der Waals surface area contributed by atoms with Crippen molar-refractivity contribution in [3.8, 4) is 28.7 Å². The van der Waals surface area contributed by atoms with Crippen LogP contribution in [0.25, 0.3) is 32.0 Å². The number of methoxy groups -OCH3 is 1. The second-order valence-corrected chi connectivity index (χ2v) is 42.5. The Balaban J connectivity index is 0.000000113. The van der Waals surface area contributed by atoms with Crippen molar-refractivity contribution in [3.63, 3.8) is 0 Å². The summed E-state index contributed by atoms with van der Waals surface area (Å²) in [5.74, 6) is 11.5. The maximum absolute atomic E-state index is 14.4. The van der Waals surface area contributed by atoms with Crippen LogP contribution in [0.1, 0.15) is 117 Å². The number of aliphatic imine (C=N–C) groups is 6. The maximum Gasteiger partial charge on any atom is 0.231 e. The monoisotopic (exact) mass is 2350 g/mol. The van der Waals surface area contributed by atoms with Gasteiger partial charge < -0.3 is 64.4 Å². The molecular weight excluding hydrogens is 2250 g/mol. The summed E-state index contributed by atoms with van der Waals surface area (Å²) in [6, 6.07) is 74.2. The molecule has 0 aliphatic carbocycles. The Morgan fingerprint density at radius 1 is 0.350 bits per heavy atom. The van der Waals surface area contributed by atoms with Crippen molar-refractivity contribution in [2.75, 3.05) is 99.2 Å². The van der Waals surface area contributed by atoms with Crippen molar-refractivity contribution >= 4 is 197 Å². The van der Waals surface area contributed by atoms with Crippen molar-refractivity contribution in [1.29, 1.82) is 0 Å². The Hall–Kier alpha value is -11.1. The van der Waals surface area contributed by atoms with Gasteiger partial charge in [0.25, 0.3) is 0 Å². The number of furan rings is 2. The largest absolute Gasteiger partial charge is 0.496 e. The summed E-state index contributed by atoms with van der Waals surface area (Å²) >= 11 is 36.2. The third-order valence-electron chi connectivity index (χ3n) is 25.9. The van der Waals surface area contributed by atoms with E-state index in [-0.39, 0.29) is 19.4 Å². The number of ether oxygens (including phenoxy) is 5. The molecule has 15 aromatic rings. The van der Waals surface area contributed by atoms with Crippen LogP contribution in [0.4, 0.5) is 4.39 Å². The highest BCUT2D eigenvalue weighted by Crippen LogP contribution is 2.43. The number of rotatable bonds is 25. The van der Waals surface area contributed by atoms with E-state index in [4.69, 9.17) is 55.7 Å². The van der Waals surface area contributed by atoms with Gasteiger partial charge in [-0.25, -0.2) is 4.39 Å². The minimum Gasteiger partial charge on any atom is -0.496 e. The SMILES string of the molecule is Brc1cc(CCc2ccccc2C2=NCCN2)c2sccc2c1.COc1ccc(Br)cc1CCc1cccc(Cl)c1C1=NCCN1.Cc1cc2cc(Br)cc(CCc3ccccc3C3=NCCN3)c2o1.Cc1oc2c(CCc3ccccc3C3=NCCN3)cc(Br)cc2c1C.Clc1cccc(C2=NCCN2)c1CCc1cc(Br)cc2c1OCO2.Fc1cccc(C2=NCCN2)c1CCc1cc(Br)cc2c1OCO2. The molecule has 0 atom stereocenters. The summed E-state index contributed by atoms with van der Waals surface area (Å²) in [6.45, 7) is 17.0. The lowest BCUT2D eigenvalue weighted by atomic mass is 9.98. The molecule has 19 nitrogen and oxygen atoms in total. The van der Waals surface area contributed by atoms with E-state index in [1.165, 1.54) is 88.3 Å². The van der Waals surface area contributed by atoms with Gasteiger partial charge in [-0.15, -0.1) is 11.3 Å². The van der Waals surface area contributed by atoms with Gasteiger partial charge in [-0.05, 0) is 290 Å². The molecule has 23 rings (SSSR count). The van der Waals surface area contributed by atoms with Gasteiger partial charge in [-0.1, -0.05) is 228 Å². The number of nitrogens with zero attached hydrogens (tertiary/aromatic N) is 6. The fourth-order valence-corrected chi connectivity index (χ4v) is 23.3. The lowest BCUT2D eigenvalue weighted by Crippen LogP contribution is -2.21. The molecule has 0 saturated heterocycles. The second kappa shape index (κ2) is 48.7. The lowest BCUT2D eigenvalue weighted by Gasteiger charge is -2.13. The fourth-order valence-electron chi connectivity index (χ4n) is 18.9. The standard InChI is InChI=1S/C21H21BrN2O.C20H19BrN2O.C19H17BrN2S.C18H16BrClN2O2.C18H18BrClN2O.C18H16BrFN2O2/c1-13-14(2)25-20-16(11-17(22)12-19(13)20)8-7-15-5-3-4-6-18(15)21-23-9-10-24-21;1-13-10-16-12-17(21)11-15(19(16)24-13)7-6-14-4-2-3-5-18(14)20-22-8-9-23-20;20-16-11-14(18-15(12-16)7-10-23-18)6-5-13-3-1-2-4-17(13)19-21-8-9-22-19;19-12-8-11(17-16(9-12)23-10-24-17)4-5-13-14(2-1-3-15(13)20)18-21-6-7-22-18;1-23-16-8-7-14(19)11-13(16)6-5-12-3-2-4-15(20)17(12)18-21-9-10-22-18;19-12-8-11(17-16(9-12)23-10-24-17)4-5-13-14(2-1-3-15(13)20)18-21-6-7-22-18/h3-6,11-12H,7-10H2,1-2H3,(H,23,24);2-5,10-12H,6-9H2,1H3,(H,22,23);1-4,7,10-12H,5-6,8-9H2,(H,21,22);1-3,8-9H,4-7,10H2,(H,21,22);2-4,7-8,11H,5-6,9-10H2,1H3,(H,21,22);1-3,8-9H,4-7,10H2,(H,21,22). The van der Waals surface area contributed by atoms with Crippen LogP contribution in [0.15, 0.2) is 289 Å². The first-order valence-electron chi connectivity index (χ1n) is 48.1. The van der Waals surface area contributed by atoms with Gasteiger partial charge in [-0.3, -0.25) is 30.0 Å². The molecule has 3 aromatic heterocycles. The third kappa shape index (κ3) is 25.3. The molecule has 0 amide bonds. The quantitative estimate of drug-likeness (QED) is 0.0314. The van der Waals surface area contributed by atoms with Crippen LogP contribution in [-0.4, -0.2) is 134 Å². The summed E-state index contributed by atoms with van der Waals surface area (Å²) in [6.07, 6.45) is 10.5. The van der Waals surface area contributed by atoms with Gasteiger partial charge in [0.2, 0.25) is 13.6 Å². The molecule has 0 saturated carbocycles. The Kier molecular flexibility index (Phi) is 34.7. The number of thiophene rings is 1. The number of amidine groups is 6. The highest BCUT2D eigenvalue weighted by Gasteiger charge is 2.27. The average Bonchev–Trinajstić information content (AvgIpc) is 1.62. The molecule has 0 fully saturated rings. The van der Waals surface area contributed by atoms with Crippen LogP contribution in [0.5, 0.6) is 28.7 Å². The summed E-state index contributed by atoms with van der Waals surface area (Å²) in [5.41, 5.74) is 24.1. The van der Waals surface area contributed by atoms with Crippen molar-refractivity contribution in [3.05, 3.63) is 384 Å². The lowest BCUT2D eigenvalue weighted by molar-refractivity contribution is 0.173. The van der Waals surface area contributed by atoms with Gasteiger partial charge in [0, 0.05) is 120 Å². The third-order valence-corrected chi connectivity index (χ3v) is 30.3. The topological polar surface area (TPSA) is 219 Å². The van der Waals surface area contributed by atoms with Crippen LogP contribution in [0, 0.1) is 26.6 Å². The smallest absolute Gasteiger partial charge is 0.231 e. The maximum atomic E-state index is 14.4. The van der Waals surface area contributed by atoms with Gasteiger partial charge in [0.15, 0.2) is 23.0 Å². The van der Waals surface area contributed by atoms with Crippen molar-refractivity contribution in [2.24, 2.45) is 30.0 Å². The van der Waals surface area contributed by atoms with Crippen LogP contribution in [0.3, 0.4) is 0 Å². The second-order valence-electron chi connectivity index (χ2n) is 35.2. The Labute approximate surface area is 897 Å². The van der Waals surface area contributed by atoms with Crippen LogP contribution in [0.2, 0.25) is 10.0 Å². The molecule has 11 heterocycles. The molecule has 6 N–H and O–H groups in total. The van der Waals surface area contributed by atoms with Crippen LogP contribution >= 0.6 is 130 Å². The molecule has 12 aromatic carbocycles. The number of aryl methyl sites for hydroxylation is 13. The fraction of sp³-hybridized carbons (Fsp3) is 0.263. The van der Waals surface area contributed by atoms with Gasteiger partial charge in [0.05, 0.1) is 51.4 Å². The van der Waals surface area contributed by atoms with Crippen LogP contribution in [-0.2, 0) is 77.0 Å². The molecule has 8 aliphatic rings. The number of halogens is 9. The van der Waals surface area contributed by atoms with Crippen LogP contribution < -0.4 is 55.6 Å². The zero-order chi connectivity index (χ0) is 98.8. The highest BCUT2D eigenvalue weighted by molar-refractivity contribution is 9.11. The summed E-state index contributed by atoms with van der Waals surface area (Å²) < 4.78 is 61.7. The summed E-state index contributed by atoms with van der Waals surface area (Å²) in [4.78, 5) is 27.2. The molecule has 143 heavy (non-hydrogen) atoms. The van der Waals surface area contributed by atoms with E-state index in [9.17, 15) is 4.39 Å². The highest BCUT2D eigenvalue weighted by atomic mass is 79.9. The van der Waals surface area contributed by atoms with E-state index in [1.54, 1.807) is 13.2 Å². The molecule has 0 unspecified atom stereocenters. The van der Waals surface area contributed by atoms with Crippen molar-refractivity contribution in [1.82, 2.24) is 31.9 Å². The minimum absolute atomic E-state index is 0.201. The molecule has 734 valence electrons. The first-order chi connectivity index (χ1) is 69.8. The number of nitrogens with one attached hydrogen (secondary N) is 6. The Morgan fingerprint density at radius 2 is 0.755 bits per heavy atom. The summed E-state index contributed by atoms with van der Waals surface area (Å²) in [5, 5.41) is 27.4. The number of benzene rings is 12. The number of hydrogen-bond donors (Lipinski definition) is 6. The van der Waals surface area contributed by atoms with E-state index in [0.29, 0.717) is 18.4 Å². The minimum atomic E-state index is -0.201. The van der Waals surface area contributed by atoms with E-state index in [1.807, 2.05) is 85.8 Å². The first kappa shape index (κ1) is 102. The van der Waals surface area contributed by atoms with Gasteiger partial charge in [0.1, 0.15) is 69.3 Å². The van der Waals surface area contributed by atoms with E-state index in [0.717, 1.165) is 305 Å². The average molecular weight is 2360 g/mol. The molecule has 0 bridgehead atoms. The van der Waals surface area contributed by atoms with Crippen molar-refractivity contribution < 1.29 is 36.9 Å². The molecule has 8 aliphatic heterocycles. The van der Waals surface area contributed by atoms with E-state index >= 15 is 0 Å². The predicted molar refractivity (Wildman–Crippen MR) is 602 cm³/mol. The zero-order valence-electron chi connectivity index (χ0n) is 79.6. The van der Waals surface area contributed by atoms with Gasteiger partial charge >= 0.3 is 0 Å². The molecule has 29 heteroatoms. The molecule has 0 radical (unpaired) electrons. The van der Waals surface area contributed by atoms with E-state index < -0.39 is 0 Å². The molecule has 0 spiro atoms. The predicted octanol–water partition coefficient (Wildman–Crippen LogP) is 26.0. The van der Waals surface area contributed by atoms with Crippen molar-refractivity contribution in [2.45, 2.75) is 97.8 Å². The zero-order valence-corrected chi connectivity index (χ0v) is 91.4. The normalized spacial score (nSPS) is 14.4. The number of fused-ring (bicyclic) bond motifs is 5. The Bertz CT molecular complexity index is 7270. The Morgan fingerprint density at radius 3 is 1.29 bits per heavy atom. The first-order valence-corrected chi connectivity index (χ1v) is 54.5. The molecular formula is C114H107Br6Cl2FN12O7S. The van der Waals surface area contributed by atoms with Gasteiger partial charge in [-0.2, -0.15) is 0 Å². The number of hydrogen-bond acceptors (Lipinski definition) is 20. The van der Waals surface area contributed by atoms with E-state index in [2.05, 4.69) is 315 Å².